The summed E-state index contributed by atoms with van der Waals surface area (Å²) >= 11 is 13.6. The number of nitrogens with one attached hydrogen (secondary N) is 2. The Balaban J connectivity index is 1.21. The second-order valence-corrected chi connectivity index (χ2v) is 17.2. The summed E-state index contributed by atoms with van der Waals surface area (Å²) in [5.41, 5.74) is 9.43. The van der Waals surface area contributed by atoms with Gasteiger partial charge >= 0.3 is 11.9 Å². The molecule has 0 saturated heterocycles. The molecule has 18 heteroatoms. The van der Waals surface area contributed by atoms with Crippen LogP contribution in [0.4, 0.5) is 0 Å². The third-order valence-corrected chi connectivity index (χ3v) is 12.1. The molecule has 2 heterocycles. The molecule has 0 fully saturated rings. The Labute approximate surface area is 421 Å². The van der Waals surface area contributed by atoms with Crippen LogP contribution in [0, 0.1) is 25.2 Å². The summed E-state index contributed by atoms with van der Waals surface area (Å²) in [5, 5.41) is 54.0. The number of hydrogen-bond acceptors (Lipinski definition) is 14. The molecule has 2 atom stereocenters. The summed E-state index contributed by atoms with van der Waals surface area (Å²) in [6.45, 7) is 4.07. The lowest BCUT2D eigenvalue weighted by molar-refractivity contribution is -0.140. The predicted octanol–water partition coefficient (Wildman–Crippen LogP) is 8.15. The van der Waals surface area contributed by atoms with E-state index in [2.05, 4.69) is 31.7 Å². The van der Waals surface area contributed by atoms with Gasteiger partial charge in [-0.1, -0.05) is 59.6 Å². The summed E-state index contributed by atoms with van der Waals surface area (Å²) in [4.78, 5) is 36.1. The maximum atomic E-state index is 11.8. The molecule has 0 unspecified atom stereocenters. The second-order valence-electron chi connectivity index (χ2n) is 16.4. The number of carboxylic acids is 2. The van der Waals surface area contributed by atoms with Gasteiger partial charge in [-0.3, -0.25) is 24.5 Å². The fourth-order valence-electron chi connectivity index (χ4n) is 7.60. The van der Waals surface area contributed by atoms with Crippen molar-refractivity contribution in [2.75, 3.05) is 20.3 Å². The molecule has 2 aromatic heterocycles. The monoisotopic (exact) mass is 1000 g/mol. The first kappa shape index (κ1) is 53.3. The fourth-order valence-corrected chi connectivity index (χ4v) is 8.08. The molecule has 6 N–H and O–H groups in total. The molecular formula is C53H54Cl2N6O10. The average Bonchev–Trinajstić information content (AvgIpc) is 3.36. The van der Waals surface area contributed by atoms with Gasteiger partial charge in [0, 0.05) is 104 Å². The molecule has 0 aliphatic rings. The first-order valence-electron chi connectivity index (χ1n) is 22.5. The van der Waals surface area contributed by atoms with Crippen LogP contribution in [0.15, 0.2) is 103 Å². The van der Waals surface area contributed by atoms with Gasteiger partial charge in [0.1, 0.15) is 67.6 Å². The van der Waals surface area contributed by atoms with E-state index < -0.39 is 24.0 Å². The van der Waals surface area contributed by atoms with Crippen LogP contribution in [0.2, 0.25) is 10.0 Å². The Hall–Kier alpha value is -7.10. The number of pyridine rings is 2. The molecule has 0 amide bonds. The van der Waals surface area contributed by atoms with Crippen molar-refractivity contribution in [3.8, 4) is 40.2 Å². The van der Waals surface area contributed by atoms with Crippen molar-refractivity contribution < 1.29 is 49.0 Å². The molecule has 16 nitrogen and oxygen atoms in total. The molecule has 370 valence electrons. The number of aliphatic hydroxyl groups is 2. The van der Waals surface area contributed by atoms with Crippen molar-refractivity contribution in [1.29, 1.82) is 5.26 Å². The smallest absolute Gasteiger partial charge is 0.320 e. The van der Waals surface area contributed by atoms with Crippen molar-refractivity contribution >= 4 is 41.4 Å². The summed E-state index contributed by atoms with van der Waals surface area (Å²) < 4.78 is 25.2. The maximum absolute atomic E-state index is 11.8. The van der Waals surface area contributed by atoms with Crippen molar-refractivity contribution in [2.24, 2.45) is 4.99 Å². The average molecular weight is 1010 g/mol. The van der Waals surface area contributed by atoms with Crippen LogP contribution in [0.25, 0.3) is 11.1 Å². The van der Waals surface area contributed by atoms with E-state index in [-0.39, 0.29) is 70.6 Å². The maximum Gasteiger partial charge on any atom is 0.320 e. The van der Waals surface area contributed by atoms with Crippen LogP contribution in [-0.2, 0) is 49.1 Å². The van der Waals surface area contributed by atoms with E-state index in [0.29, 0.717) is 50.3 Å². The number of hydrogen-bond donors (Lipinski definition) is 6. The van der Waals surface area contributed by atoms with Crippen molar-refractivity contribution in [3.05, 3.63) is 163 Å². The molecule has 4 aromatic carbocycles. The van der Waals surface area contributed by atoms with E-state index in [1.54, 1.807) is 62.2 Å². The van der Waals surface area contributed by atoms with E-state index in [9.17, 15) is 35.3 Å². The molecular weight excluding hydrogens is 952 g/mol. The number of nitrogens with zero attached hydrogens (tertiary/aromatic N) is 4. The lowest BCUT2D eigenvalue weighted by Gasteiger charge is -2.20. The number of ether oxygens (including phenoxy) is 4. The molecule has 0 aliphatic heterocycles. The zero-order valence-electron chi connectivity index (χ0n) is 39.3. The Morgan fingerprint density at radius 1 is 0.662 bits per heavy atom. The molecule has 0 saturated carbocycles. The van der Waals surface area contributed by atoms with Gasteiger partial charge < -0.3 is 50.0 Å². The Morgan fingerprint density at radius 3 is 1.58 bits per heavy atom. The fraction of sp³-hybridized carbons (Fsp3) is 0.283. The van der Waals surface area contributed by atoms with Crippen LogP contribution >= 0.6 is 23.2 Å². The summed E-state index contributed by atoms with van der Waals surface area (Å²) in [6, 6.07) is 22.2. The first-order chi connectivity index (χ1) is 34.3. The largest absolute Gasteiger partial charge is 0.488 e. The second kappa shape index (κ2) is 26.2. The highest BCUT2D eigenvalue weighted by Gasteiger charge is 2.21. The normalized spacial score (nSPS) is 12.0. The number of halogens is 2. The number of aromatic nitrogens is 2. The van der Waals surface area contributed by atoms with Crippen LogP contribution < -0.4 is 29.6 Å². The van der Waals surface area contributed by atoms with Gasteiger partial charge in [0.25, 0.3) is 0 Å². The predicted molar refractivity (Wildman–Crippen MR) is 268 cm³/mol. The van der Waals surface area contributed by atoms with Gasteiger partial charge in [-0.05, 0) is 84.3 Å². The van der Waals surface area contributed by atoms with Gasteiger partial charge in [-0.15, -0.1) is 0 Å². The number of aliphatic imine (C=N–C) groups is 1. The standard InChI is InChI=1S/C53H54Cl2N6O10/c1-32-38(30-70-50-18-48(68-28-36-14-34(20-56)22-58-24-36)40(16-44(50)54)26-60-46(10-12-62)52(64)65)6-4-8-42(32)43-9-5-7-39(33(43)2)31-71-51-19-49(69-29-37-15-35(21-57-3)23-59-25-37)41(17-45(51)55)27-61-47(11-13-63)53(66)67/h4-9,14-19,21-25,46-47,60-63H,10-13,26-31H2,1-3H3,(H,64,65)(H,66,67)/b57-21+/t46-,47+/m1/s1. The highest BCUT2D eigenvalue weighted by Crippen LogP contribution is 2.37. The molecule has 6 aromatic rings. The van der Waals surface area contributed by atoms with E-state index in [4.69, 9.17) is 42.1 Å². The van der Waals surface area contributed by atoms with Crippen LogP contribution in [0.3, 0.4) is 0 Å². The van der Waals surface area contributed by atoms with Crippen molar-refractivity contribution in [1.82, 2.24) is 20.6 Å². The molecule has 6 rings (SSSR count). The topological polar surface area (TPSA) is 238 Å². The van der Waals surface area contributed by atoms with Crippen LogP contribution in [-0.4, -0.2) is 80.9 Å². The third kappa shape index (κ3) is 14.7. The minimum atomic E-state index is -1.11. The number of nitriles is 1. The molecule has 0 spiro atoms. The quantitative estimate of drug-likeness (QED) is 0.0281. The number of aliphatic carboxylic acids is 2. The van der Waals surface area contributed by atoms with Gasteiger partial charge in [0.05, 0.1) is 15.6 Å². The minimum absolute atomic E-state index is 0.00128. The Bertz CT molecular complexity index is 2890. The number of benzene rings is 4. The van der Waals surface area contributed by atoms with Crippen LogP contribution in [0.1, 0.15) is 68.5 Å². The summed E-state index contributed by atoms with van der Waals surface area (Å²) in [5.74, 6) is -0.730. The van der Waals surface area contributed by atoms with E-state index in [1.807, 2.05) is 56.3 Å². The summed E-state index contributed by atoms with van der Waals surface area (Å²) in [7, 11) is 1.67. The molecule has 0 bridgehead atoms. The third-order valence-electron chi connectivity index (χ3n) is 11.5. The number of carbonyl (C=O) groups is 2. The highest BCUT2D eigenvalue weighted by atomic mass is 35.5. The lowest BCUT2D eigenvalue weighted by Crippen LogP contribution is -2.37. The van der Waals surface area contributed by atoms with Gasteiger partial charge in [0.2, 0.25) is 0 Å². The highest BCUT2D eigenvalue weighted by molar-refractivity contribution is 6.32. The Kier molecular flexibility index (Phi) is 19.7. The lowest BCUT2D eigenvalue weighted by atomic mass is 9.92. The van der Waals surface area contributed by atoms with Gasteiger partial charge in [-0.2, -0.15) is 5.26 Å². The van der Waals surface area contributed by atoms with E-state index in [0.717, 1.165) is 44.5 Å². The molecule has 0 aliphatic carbocycles. The van der Waals surface area contributed by atoms with E-state index >= 15 is 0 Å². The summed E-state index contributed by atoms with van der Waals surface area (Å²) in [6.07, 6.45) is 8.11. The molecule has 0 radical (unpaired) electrons. The van der Waals surface area contributed by atoms with Crippen molar-refractivity contribution in [3.63, 3.8) is 0 Å². The SMILES string of the molecule is C/N=C/c1cncc(COc2cc(OCc3cccc(-c4cccc(COc5cc(OCc6cncc(C#N)c6)c(CN[C@H](CCO)C(=O)O)cc5Cl)c4C)c3C)c(Cl)cc2CN[C@@H](CCO)C(=O)O)c1. The van der Waals surface area contributed by atoms with Gasteiger partial charge in [0.15, 0.2) is 0 Å². The zero-order chi connectivity index (χ0) is 50.9. The zero-order valence-corrected chi connectivity index (χ0v) is 40.8. The van der Waals surface area contributed by atoms with Crippen LogP contribution in [0.5, 0.6) is 23.0 Å². The number of aliphatic hydroxyl groups excluding tert-OH is 2. The molecule has 71 heavy (non-hydrogen) atoms. The number of rotatable bonds is 26. The van der Waals surface area contributed by atoms with Gasteiger partial charge in [-0.25, -0.2) is 0 Å². The van der Waals surface area contributed by atoms with Crippen molar-refractivity contribution in [2.45, 2.75) is 78.3 Å². The van der Waals surface area contributed by atoms with E-state index in [1.165, 1.54) is 6.20 Å². The first-order valence-corrected chi connectivity index (χ1v) is 23.2. The minimum Gasteiger partial charge on any atom is -0.488 e. The number of carboxylic acid groups (broad SMARTS) is 2. The Morgan fingerprint density at radius 2 is 1.13 bits per heavy atom.